The Morgan fingerprint density at radius 3 is 3.00 bits per heavy atom. The Labute approximate surface area is 96.7 Å². The van der Waals surface area contributed by atoms with Crippen molar-refractivity contribution in [2.45, 2.75) is 32.7 Å². The lowest BCUT2D eigenvalue weighted by Gasteiger charge is -2.11. The highest BCUT2D eigenvalue weighted by Crippen LogP contribution is 2.17. The zero-order valence-corrected chi connectivity index (χ0v) is 10.5. The van der Waals surface area contributed by atoms with E-state index in [0.717, 1.165) is 19.8 Å². The van der Waals surface area contributed by atoms with Crippen LogP contribution in [0.4, 0.5) is 0 Å². The second-order valence-corrected chi connectivity index (χ2v) is 4.64. The Morgan fingerprint density at radius 2 is 2.33 bits per heavy atom. The van der Waals surface area contributed by atoms with Crippen molar-refractivity contribution in [3.63, 3.8) is 0 Å². The summed E-state index contributed by atoms with van der Waals surface area (Å²) in [5.74, 6) is 0. The minimum absolute atomic E-state index is 0.444. The Bertz CT molecular complexity index is 236. The predicted molar refractivity (Wildman–Crippen MR) is 66.5 cm³/mol. The third-order valence-corrected chi connectivity index (χ3v) is 3.36. The van der Waals surface area contributed by atoms with Gasteiger partial charge < -0.3 is 10.1 Å². The Hall–Kier alpha value is -0.380. The summed E-state index contributed by atoms with van der Waals surface area (Å²) in [5.41, 5.74) is 0. The number of nitrogens with one attached hydrogen (secondary N) is 1. The van der Waals surface area contributed by atoms with Gasteiger partial charge >= 0.3 is 0 Å². The van der Waals surface area contributed by atoms with Crippen LogP contribution < -0.4 is 5.32 Å². The normalized spacial score (nSPS) is 12.9. The molecule has 0 fully saturated rings. The van der Waals surface area contributed by atoms with Gasteiger partial charge in [0.2, 0.25) is 0 Å². The molecule has 0 unspecified atom stereocenters. The minimum Gasteiger partial charge on any atom is -0.380 e. The monoisotopic (exact) mass is 227 g/mol. The van der Waals surface area contributed by atoms with E-state index < -0.39 is 0 Å². The number of hydrogen-bond donors (Lipinski definition) is 1. The molecule has 0 saturated carbocycles. The zero-order valence-electron chi connectivity index (χ0n) is 9.66. The third-order valence-electron chi connectivity index (χ3n) is 2.31. The van der Waals surface area contributed by atoms with E-state index in [0.29, 0.717) is 6.04 Å². The first kappa shape index (κ1) is 12.7. The maximum absolute atomic E-state index is 5.48. The molecule has 0 aliphatic heterocycles. The molecular weight excluding hydrogens is 206 g/mol. The molecule has 1 rings (SSSR count). The quantitative estimate of drug-likeness (QED) is 0.689. The molecule has 86 valence electrons. The zero-order chi connectivity index (χ0) is 10.9. The van der Waals surface area contributed by atoms with Gasteiger partial charge in [0.05, 0.1) is 6.61 Å². The first-order chi connectivity index (χ1) is 7.34. The molecule has 1 aromatic heterocycles. The molecule has 2 nitrogen and oxygen atoms in total. The van der Waals surface area contributed by atoms with Crippen LogP contribution in [0, 0.1) is 0 Å². The molecule has 15 heavy (non-hydrogen) atoms. The van der Waals surface area contributed by atoms with Gasteiger partial charge in [-0.3, -0.25) is 0 Å². The molecule has 3 heteroatoms. The van der Waals surface area contributed by atoms with Gasteiger partial charge in [-0.05, 0) is 24.8 Å². The Morgan fingerprint density at radius 1 is 1.47 bits per heavy atom. The topological polar surface area (TPSA) is 21.3 Å². The SMILES string of the molecule is CCCCOCCN[C@H](C)c1cccs1. The number of unbranched alkanes of at least 4 members (excludes halogenated alkanes) is 1. The van der Waals surface area contributed by atoms with Gasteiger partial charge in [0.1, 0.15) is 0 Å². The average Bonchev–Trinajstić information content (AvgIpc) is 2.76. The van der Waals surface area contributed by atoms with Crippen molar-refractivity contribution < 1.29 is 4.74 Å². The number of hydrogen-bond acceptors (Lipinski definition) is 3. The smallest absolute Gasteiger partial charge is 0.0591 e. The molecule has 0 bridgehead atoms. The summed E-state index contributed by atoms with van der Waals surface area (Å²) in [5, 5.41) is 5.56. The van der Waals surface area contributed by atoms with E-state index in [2.05, 4.69) is 36.7 Å². The van der Waals surface area contributed by atoms with E-state index in [1.807, 2.05) is 0 Å². The van der Waals surface area contributed by atoms with E-state index in [9.17, 15) is 0 Å². The maximum atomic E-state index is 5.48. The highest BCUT2D eigenvalue weighted by molar-refractivity contribution is 7.10. The fourth-order valence-electron chi connectivity index (χ4n) is 1.33. The van der Waals surface area contributed by atoms with Gasteiger partial charge in [-0.1, -0.05) is 19.4 Å². The van der Waals surface area contributed by atoms with Crippen LogP contribution in [-0.4, -0.2) is 19.8 Å². The minimum atomic E-state index is 0.444. The van der Waals surface area contributed by atoms with Crippen molar-refractivity contribution in [1.29, 1.82) is 0 Å². The molecule has 0 spiro atoms. The highest BCUT2D eigenvalue weighted by atomic mass is 32.1. The molecule has 1 heterocycles. The summed E-state index contributed by atoms with van der Waals surface area (Å²) in [7, 11) is 0. The lowest BCUT2D eigenvalue weighted by atomic mass is 10.3. The molecule has 0 aromatic carbocycles. The van der Waals surface area contributed by atoms with Crippen molar-refractivity contribution in [1.82, 2.24) is 5.32 Å². The van der Waals surface area contributed by atoms with E-state index in [-0.39, 0.29) is 0 Å². The van der Waals surface area contributed by atoms with Crippen LogP contribution in [0.1, 0.15) is 37.6 Å². The molecule has 0 amide bonds. The summed E-state index contributed by atoms with van der Waals surface area (Å²) in [6.07, 6.45) is 2.37. The fourth-order valence-corrected chi connectivity index (χ4v) is 2.09. The average molecular weight is 227 g/mol. The van der Waals surface area contributed by atoms with Crippen LogP contribution >= 0.6 is 11.3 Å². The Balaban J connectivity index is 2.00. The van der Waals surface area contributed by atoms with Crippen molar-refractivity contribution in [3.05, 3.63) is 22.4 Å². The van der Waals surface area contributed by atoms with Crippen molar-refractivity contribution in [2.24, 2.45) is 0 Å². The van der Waals surface area contributed by atoms with Gasteiger partial charge in [-0.15, -0.1) is 11.3 Å². The molecule has 0 aliphatic rings. The first-order valence-electron chi connectivity index (χ1n) is 5.69. The lowest BCUT2D eigenvalue weighted by molar-refractivity contribution is 0.131. The van der Waals surface area contributed by atoms with E-state index in [4.69, 9.17) is 4.74 Å². The van der Waals surface area contributed by atoms with Gasteiger partial charge in [0, 0.05) is 24.1 Å². The van der Waals surface area contributed by atoms with E-state index >= 15 is 0 Å². The van der Waals surface area contributed by atoms with Gasteiger partial charge in [0.15, 0.2) is 0 Å². The largest absolute Gasteiger partial charge is 0.380 e. The molecule has 1 aromatic rings. The standard InChI is InChI=1S/C12H21NOS/c1-3-4-8-14-9-7-13-11(2)12-6-5-10-15-12/h5-6,10-11,13H,3-4,7-9H2,1-2H3/t11-/m1/s1. The maximum Gasteiger partial charge on any atom is 0.0591 e. The van der Waals surface area contributed by atoms with Crippen LogP contribution in [0.15, 0.2) is 17.5 Å². The summed E-state index contributed by atoms with van der Waals surface area (Å²) in [4.78, 5) is 1.39. The fraction of sp³-hybridized carbons (Fsp3) is 0.667. The van der Waals surface area contributed by atoms with Crippen molar-refractivity contribution in [2.75, 3.05) is 19.8 Å². The predicted octanol–water partition coefficient (Wildman–Crippen LogP) is 3.22. The summed E-state index contributed by atoms with van der Waals surface area (Å²) in [6, 6.07) is 4.70. The second-order valence-electron chi connectivity index (χ2n) is 3.66. The van der Waals surface area contributed by atoms with Crippen LogP contribution in [0.5, 0.6) is 0 Å². The molecule has 1 atom stereocenters. The second kappa shape index (κ2) is 7.85. The number of ether oxygens (including phenoxy) is 1. The summed E-state index contributed by atoms with van der Waals surface area (Å²) in [6.45, 7) is 7.02. The molecule has 0 saturated heterocycles. The van der Waals surface area contributed by atoms with E-state index in [1.54, 1.807) is 11.3 Å². The van der Waals surface area contributed by atoms with E-state index in [1.165, 1.54) is 17.7 Å². The number of rotatable bonds is 8. The van der Waals surface area contributed by atoms with Gasteiger partial charge in [-0.25, -0.2) is 0 Å². The highest BCUT2D eigenvalue weighted by Gasteiger charge is 2.03. The first-order valence-corrected chi connectivity index (χ1v) is 6.57. The van der Waals surface area contributed by atoms with Crippen LogP contribution in [0.25, 0.3) is 0 Å². The van der Waals surface area contributed by atoms with Gasteiger partial charge in [0.25, 0.3) is 0 Å². The third kappa shape index (κ3) is 5.30. The summed E-state index contributed by atoms with van der Waals surface area (Å²) >= 11 is 1.80. The van der Waals surface area contributed by atoms with Crippen molar-refractivity contribution in [3.8, 4) is 0 Å². The van der Waals surface area contributed by atoms with Gasteiger partial charge in [-0.2, -0.15) is 0 Å². The van der Waals surface area contributed by atoms with Crippen molar-refractivity contribution >= 4 is 11.3 Å². The lowest BCUT2D eigenvalue weighted by Crippen LogP contribution is -2.22. The molecular formula is C12H21NOS. The molecule has 0 aliphatic carbocycles. The summed E-state index contributed by atoms with van der Waals surface area (Å²) < 4.78 is 5.48. The Kier molecular flexibility index (Phi) is 6.64. The van der Waals surface area contributed by atoms with Crippen LogP contribution in [-0.2, 0) is 4.74 Å². The molecule has 0 radical (unpaired) electrons. The molecule has 1 N–H and O–H groups in total. The van der Waals surface area contributed by atoms with Crippen LogP contribution in [0.3, 0.4) is 0 Å². The number of thiophene rings is 1. The van der Waals surface area contributed by atoms with Crippen LogP contribution in [0.2, 0.25) is 0 Å².